The van der Waals surface area contributed by atoms with Crippen molar-refractivity contribution >= 4 is 56.4 Å². The van der Waals surface area contributed by atoms with Gasteiger partial charge in [0, 0.05) is 10.2 Å². The lowest BCUT2D eigenvalue weighted by atomic mass is 10.1. The lowest BCUT2D eigenvalue weighted by molar-refractivity contribution is -0.115. The van der Waals surface area contributed by atoms with Gasteiger partial charge in [-0.25, -0.2) is 0 Å². The number of nitrogens with two attached hydrogens (primary N) is 1. The van der Waals surface area contributed by atoms with Crippen molar-refractivity contribution < 1.29 is 4.79 Å². The molecule has 0 aromatic heterocycles. The molecule has 0 spiro atoms. The first-order valence-corrected chi connectivity index (χ1v) is 7.29. The molecule has 0 unspecified atom stereocenters. The van der Waals surface area contributed by atoms with Crippen LogP contribution in [0.15, 0.2) is 40.9 Å². The Morgan fingerprint density at radius 1 is 1.15 bits per heavy atom. The maximum atomic E-state index is 12.0. The molecule has 6 heteroatoms. The van der Waals surface area contributed by atoms with Gasteiger partial charge in [0.15, 0.2) is 0 Å². The van der Waals surface area contributed by atoms with E-state index in [1.54, 1.807) is 36.4 Å². The molecule has 0 bridgehead atoms. The van der Waals surface area contributed by atoms with E-state index in [1.165, 1.54) is 0 Å². The van der Waals surface area contributed by atoms with Gasteiger partial charge in [0.2, 0.25) is 5.91 Å². The summed E-state index contributed by atoms with van der Waals surface area (Å²) in [6.07, 6.45) is 0.216. The van der Waals surface area contributed by atoms with Crippen molar-refractivity contribution in [2.24, 2.45) is 0 Å². The van der Waals surface area contributed by atoms with Crippen molar-refractivity contribution in [3.05, 3.63) is 56.5 Å². The van der Waals surface area contributed by atoms with Gasteiger partial charge in [0.1, 0.15) is 0 Å². The summed E-state index contributed by atoms with van der Waals surface area (Å²) in [5.74, 6) is -0.145. The van der Waals surface area contributed by atoms with E-state index in [0.717, 1.165) is 10.0 Å². The lowest BCUT2D eigenvalue weighted by Gasteiger charge is -2.08. The van der Waals surface area contributed by atoms with Crippen molar-refractivity contribution in [1.29, 1.82) is 0 Å². The van der Waals surface area contributed by atoms with Crippen LogP contribution in [-0.2, 0) is 11.2 Å². The van der Waals surface area contributed by atoms with Gasteiger partial charge in [-0.2, -0.15) is 0 Å². The third-order valence-electron chi connectivity index (χ3n) is 2.62. The molecule has 0 radical (unpaired) electrons. The van der Waals surface area contributed by atoms with Crippen LogP contribution in [0.3, 0.4) is 0 Å². The summed E-state index contributed by atoms with van der Waals surface area (Å²) in [5, 5.41) is 3.71. The van der Waals surface area contributed by atoms with Crippen LogP contribution in [0, 0.1) is 0 Å². The minimum Gasteiger partial charge on any atom is -0.399 e. The van der Waals surface area contributed by atoms with E-state index in [4.69, 9.17) is 28.9 Å². The molecule has 0 saturated carbocycles. The van der Waals surface area contributed by atoms with Gasteiger partial charge in [0.05, 0.1) is 22.2 Å². The lowest BCUT2D eigenvalue weighted by Crippen LogP contribution is -2.14. The van der Waals surface area contributed by atoms with Gasteiger partial charge in [-0.15, -0.1) is 0 Å². The molecule has 2 aromatic carbocycles. The number of amides is 1. The maximum Gasteiger partial charge on any atom is 0.228 e. The first-order valence-electron chi connectivity index (χ1n) is 5.74. The third-order valence-corrected chi connectivity index (χ3v) is 4.01. The number of halogens is 3. The van der Waals surface area contributed by atoms with E-state index in [0.29, 0.717) is 21.4 Å². The number of carbonyl (C=O) groups is 1. The number of nitrogens with one attached hydrogen (secondary N) is 1. The van der Waals surface area contributed by atoms with Crippen LogP contribution in [-0.4, -0.2) is 5.91 Å². The first-order chi connectivity index (χ1) is 9.45. The van der Waals surface area contributed by atoms with E-state index in [9.17, 15) is 4.79 Å². The van der Waals surface area contributed by atoms with E-state index in [1.807, 2.05) is 0 Å². The zero-order chi connectivity index (χ0) is 14.7. The number of anilines is 2. The van der Waals surface area contributed by atoms with Crippen molar-refractivity contribution in [3.63, 3.8) is 0 Å². The summed E-state index contributed by atoms with van der Waals surface area (Å²) in [5.41, 5.74) is 7.73. The highest BCUT2D eigenvalue weighted by atomic mass is 79.9. The second-order valence-corrected chi connectivity index (χ2v) is 5.88. The standard InChI is InChI=1S/C14H11BrCl2N2O/c15-10-7-9(18)2-4-13(10)19-14(20)6-8-1-3-11(16)12(17)5-8/h1-5,7H,6,18H2,(H,19,20). The van der Waals surface area contributed by atoms with Crippen molar-refractivity contribution in [2.75, 3.05) is 11.1 Å². The monoisotopic (exact) mass is 372 g/mol. The number of rotatable bonds is 3. The predicted molar refractivity (Wildman–Crippen MR) is 87.4 cm³/mol. The number of carbonyl (C=O) groups excluding carboxylic acids is 1. The first kappa shape index (κ1) is 15.2. The topological polar surface area (TPSA) is 55.1 Å². The quantitative estimate of drug-likeness (QED) is 0.777. The Morgan fingerprint density at radius 3 is 2.55 bits per heavy atom. The Labute approximate surface area is 135 Å². The van der Waals surface area contributed by atoms with E-state index < -0.39 is 0 Å². The zero-order valence-electron chi connectivity index (χ0n) is 10.3. The summed E-state index contributed by atoms with van der Waals surface area (Å²) in [6.45, 7) is 0. The minimum absolute atomic E-state index is 0.145. The van der Waals surface area contributed by atoms with Gasteiger partial charge < -0.3 is 11.1 Å². The van der Waals surface area contributed by atoms with Gasteiger partial charge in [-0.05, 0) is 51.8 Å². The van der Waals surface area contributed by atoms with Gasteiger partial charge in [0.25, 0.3) is 0 Å². The van der Waals surface area contributed by atoms with Crippen LogP contribution in [0.1, 0.15) is 5.56 Å². The summed E-state index contributed by atoms with van der Waals surface area (Å²) in [4.78, 5) is 12.0. The van der Waals surface area contributed by atoms with Crippen LogP contribution in [0.25, 0.3) is 0 Å². The van der Waals surface area contributed by atoms with Crippen LogP contribution in [0.2, 0.25) is 10.0 Å². The molecule has 0 heterocycles. The predicted octanol–water partition coefficient (Wildman–Crippen LogP) is 4.52. The molecule has 0 aliphatic carbocycles. The summed E-state index contributed by atoms with van der Waals surface area (Å²) in [7, 11) is 0. The molecule has 3 nitrogen and oxygen atoms in total. The Morgan fingerprint density at radius 2 is 1.90 bits per heavy atom. The van der Waals surface area contributed by atoms with E-state index in [2.05, 4.69) is 21.2 Å². The molecule has 0 aliphatic rings. The molecular formula is C14H11BrCl2N2O. The molecule has 0 aliphatic heterocycles. The zero-order valence-corrected chi connectivity index (χ0v) is 13.4. The van der Waals surface area contributed by atoms with E-state index >= 15 is 0 Å². The van der Waals surface area contributed by atoms with Crippen LogP contribution in [0.4, 0.5) is 11.4 Å². The molecule has 1 amide bonds. The molecule has 2 rings (SSSR count). The summed E-state index contributed by atoms with van der Waals surface area (Å²) in [6, 6.07) is 10.3. The van der Waals surface area contributed by atoms with Crippen LogP contribution < -0.4 is 11.1 Å². The third kappa shape index (κ3) is 3.88. The smallest absolute Gasteiger partial charge is 0.228 e. The molecule has 0 fully saturated rings. The largest absolute Gasteiger partial charge is 0.399 e. The average Bonchev–Trinajstić information content (AvgIpc) is 2.37. The highest BCUT2D eigenvalue weighted by Gasteiger charge is 2.08. The molecule has 20 heavy (non-hydrogen) atoms. The molecule has 3 N–H and O–H groups in total. The van der Waals surface area contributed by atoms with Crippen LogP contribution in [0.5, 0.6) is 0 Å². The Balaban J connectivity index is 2.07. The average molecular weight is 374 g/mol. The second-order valence-electron chi connectivity index (χ2n) is 4.21. The second kappa shape index (κ2) is 6.48. The Hall–Kier alpha value is -1.23. The van der Waals surface area contributed by atoms with E-state index in [-0.39, 0.29) is 12.3 Å². The molecular weight excluding hydrogens is 363 g/mol. The molecule has 0 atom stereocenters. The van der Waals surface area contributed by atoms with Gasteiger partial charge in [-0.3, -0.25) is 4.79 Å². The molecule has 2 aromatic rings. The number of hydrogen-bond donors (Lipinski definition) is 2. The number of nitrogen functional groups attached to an aromatic ring is 1. The van der Waals surface area contributed by atoms with Crippen molar-refractivity contribution in [2.45, 2.75) is 6.42 Å². The minimum atomic E-state index is -0.145. The van der Waals surface area contributed by atoms with Crippen LogP contribution >= 0.6 is 39.1 Å². The Bertz CT molecular complexity index is 662. The highest BCUT2D eigenvalue weighted by Crippen LogP contribution is 2.25. The Kier molecular flexibility index (Phi) is 4.91. The van der Waals surface area contributed by atoms with Gasteiger partial charge >= 0.3 is 0 Å². The summed E-state index contributed by atoms with van der Waals surface area (Å²) < 4.78 is 0.736. The van der Waals surface area contributed by atoms with Gasteiger partial charge in [-0.1, -0.05) is 29.3 Å². The fourth-order valence-corrected chi connectivity index (χ4v) is 2.48. The number of hydrogen-bond acceptors (Lipinski definition) is 2. The normalized spacial score (nSPS) is 10.3. The summed E-state index contributed by atoms with van der Waals surface area (Å²) >= 11 is 15.1. The van der Waals surface area contributed by atoms with Crippen molar-refractivity contribution in [3.8, 4) is 0 Å². The molecule has 0 saturated heterocycles. The SMILES string of the molecule is Nc1ccc(NC(=O)Cc2ccc(Cl)c(Cl)c2)c(Br)c1. The number of benzene rings is 2. The molecule has 104 valence electrons. The fraction of sp³-hybridized carbons (Fsp3) is 0.0714. The van der Waals surface area contributed by atoms with Crippen molar-refractivity contribution in [1.82, 2.24) is 0 Å². The fourth-order valence-electron chi connectivity index (χ4n) is 1.66. The maximum absolute atomic E-state index is 12.0. The highest BCUT2D eigenvalue weighted by molar-refractivity contribution is 9.10.